The third kappa shape index (κ3) is 4.27. The van der Waals surface area contributed by atoms with E-state index in [-0.39, 0.29) is 22.6 Å². The van der Waals surface area contributed by atoms with Gasteiger partial charge in [0.2, 0.25) is 10.0 Å². The fourth-order valence-corrected chi connectivity index (χ4v) is 4.89. The van der Waals surface area contributed by atoms with E-state index in [1.807, 2.05) is 0 Å². The van der Waals surface area contributed by atoms with Crippen LogP contribution in [0.2, 0.25) is 0 Å². The molecule has 0 atom stereocenters. The quantitative estimate of drug-likeness (QED) is 0.818. The number of aromatic nitrogens is 1. The lowest BCUT2D eigenvalue weighted by atomic mass is 10.2. The molecular formula is C17H26N4O5S. The molecule has 2 aliphatic heterocycles. The first-order chi connectivity index (χ1) is 12.9. The van der Waals surface area contributed by atoms with Gasteiger partial charge in [-0.15, -0.1) is 0 Å². The van der Waals surface area contributed by atoms with Crippen molar-refractivity contribution >= 4 is 22.0 Å². The zero-order chi connectivity index (χ0) is 19.4. The van der Waals surface area contributed by atoms with Gasteiger partial charge in [0, 0.05) is 45.5 Å². The number of H-pyrrole nitrogens is 1. The number of amides is 2. The first kappa shape index (κ1) is 19.7. The second kappa shape index (κ2) is 8.30. The number of piperazine rings is 1. The van der Waals surface area contributed by atoms with Crippen LogP contribution in [0.3, 0.4) is 0 Å². The molecule has 1 aromatic rings. The van der Waals surface area contributed by atoms with Gasteiger partial charge in [0.15, 0.2) is 0 Å². The zero-order valence-electron chi connectivity index (χ0n) is 15.5. The van der Waals surface area contributed by atoms with Crippen molar-refractivity contribution in [3.63, 3.8) is 0 Å². The van der Waals surface area contributed by atoms with Crippen LogP contribution in [0, 0.1) is 0 Å². The summed E-state index contributed by atoms with van der Waals surface area (Å²) in [7, 11) is -3.57. The largest absolute Gasteiger partial charge is 0.450 e. The van der Waals surface area contributed by atoms with E-state index >= 15 is 0 Å². The lowest BCUT2D eigenvalue weighted by molar-refractivity contribution is 0.0566. The number of rotatable bonds is 4. The van der Waals surface area contributed by atoms with Crippen molar-refractivity contribution in [2.24, 2.45) is 0 Å². The third-order valence-electron chi connectivity index (χ3n) is 4.93. The van der Waals surface area contributed by atoms with Gasteiger partial charge in [-0.25, -0.2) is 13.2 Å². The molecule has 0 saturated carbocycles. The van der Waals surface area contributed by atoms with Crippen LogP contribution >= 0.6 is 0 Å². The molecule has 2 amide bonds. The van der Waals surface area contributed by atoms with Gasteiger partial charge in [-0.3, -0.25) is 4.79 Å². The fourth-order valence-electron chi connectivity index (χ4n) is 3.38. The van der Waals surface area contributed by atoms with Gasteiger partial charge in [0.25, 0.3) is 5.91 Å². The highest BCUT2D eigenvalue weighted by molar-refractivity contribution is 7.89. The van der Waals surface area contributed by atoms with E-state index in [0.29, 0.717) is 45.9 Å². The molecule has 10 heteroatoms. The Morgan fingerprint density at radius 2 is 1.67 bits per heavy atom. The Kier molecular flexibility index (Phi) is 6.05. The normalized spacial score (nSPS) is 19.1. The molecule has 1 N–H and O–H groups in total. The van der Waals surface area contributed by atoms with E-state index < -0.39 is 10.0 Å². The first-order valence-electron chi connectivity index (χ1n) is 9.33. The van der Waals surface area contributed by atoms with Crippen molar-refractivity contribution in [2.75, 3.05) is 45.9 Å². The predicted molar refractivity (Wildman–Crippen MR) is 97.9 cm³/mol. The van der Waals surface area contributed by atoms with Gasteiger partial charge >= 0.3 is 6.09 Å². The highest BCUT2D eigenvalue weighted by Crippen LogP contribution is 2.22. The number of sulfonamides is 1. The second-order valence-electron chi connectivity index (χ2n) is 6.69. The van der Waals surface area contributed by atoms with Crippen molar-refractivity contribution in [2.45, 2.75) is 31.1 Å². The molecule has 27 heavy (non-hydrogen) atoms. The third-order valence-corrected chi connectivity index (χ3v) is 6.81. The van der Waals surface area contributed by atoms with Gasteiger partial charge in [-0.2, -0.15) is 4.31 Å². The Bertz CT molecular complexity index is 777. The molecule has 0 aliphatic carbocycles. The van der Waals surface area contributed by atoms with Gasteiger partial charge in [-0.05, 0) is 25.8 Å². The molecule has 2 saturated heterocycles. The molecule has 1 aromatic heterocycles. The molecular weight excluding hydrogens is 372 g/mol. The van der Waals surface area contributed by atoms with E-state index in [1.54, 1.807) is 16.7 Å². The number of carbonyl (C=O) groups is 2. The summed E-state index contributed by atoms with van der Waals surface area (Å²) in [5.41, 5.74) is 0.246. The maximum absolute atomic E-state index is 12.7. The van der Waals surface area contributed by atoms with Crippen LogP contribution in [0.1, 0.15) is 36.7 Å². The minimum absolute atomic E-state index is 0.123. The summed E-state index contributed by atoms with van der Waals surface area (Å²) in [6.45, 7) is 4.65. The van der Waals surface area contributed by atoms with Crippen LogP contribution in [0.5, 0.6) is 0 Å². The van der Waals surface area contributed by atoms with Gasteiger partial charge in [0.1, 0.15) is 10.6 Å². The Morgan fingerprint density at radius 3 is 2.30 bits per heavy atom. The Labute approximate surface area is 159 Å². The fraction of sp³-hybridized carbons (Fsp3) is 0.647. The lowest BCUT2D eigenvalue weighted by Crippen LogP contribution is -2.50. The van der Waals surface area contributed by atoms with E-state index in [4.69, 9.17) is 4.74 Å². The van der Waals surface area contributed by atoms with Crippen LogP contribution in [0.15, 0.2) is 17.2 Å². The van der Waals surface area contributed by atoms with Gasteiger partial charge < -0.3 is 19.5 Å². The van der Waals surface area contributed by atoms with Crippen molar-refractivity contribution in [1.82, 2.24) is 19.1 Å². The molecule has 3 rings (SSSR count). The Balaban J connectivity index is 1.63. The summed E-state index contributed by atoms with van der Waals surface area (Å²) in [6.07, 6.45) is 3.77. The molecule has 0 radical (unpaired) electrons. The maximum Gasteiger partial charge on any atom is 0.409 e. The van der Waals surface area contributed by atoms with Crippen LogP contribution in [-0.4, -0.2) is 85.4 Å². The molecule has 3 heterocycles. The Morgan fingerprint density at radius 1 is 1.04 bits per heavy atom. The number of aromatic amines is 1. The smallest absolute Gasteiger partial charge is 0.409 e. The average Bonchev–Trinajstić information content (AvgIpc) is 3.19. The number of nitrogens with one attached hydrogen (secondary N) is 1. The summed E-state index contributed by atoms with van der Waals surface area (Å²) in [4.78, 5) is 30.5. The summed E-state index contributed by atoms with van der Waals surface area (Å²) in [5, 5.41) is 0. The molecule has 0 bridgehead atoms. The van der Waals surface area contributed by atoms with Crippen molar-refractivity contribution in [3.8, 4) is 0 Å². The van der Waals surface area contributed by atoms with Gasteiger partial charge in [-0.1, -0.05) is 6.42 Å². The number of nitrogens with zero attached hydrogens (tertiary/aromatic N) is 3. The number of piperidine rings is 1. The second-order valence-corrected chi connectivity index (χ2v) is 8.63. The number of hydrogen-bond donors (Lipinski definition) is 1. The average molecular weight is 398 g/mol. The monoisotopic (exact) mass is 398 g/mol. The molecule has 0 spiro atoms. The van der Waals surface area contributed by atoms with Crippen LogP contribution in [0.25, 0.3) is 0 Å². The number of hydrogen-bond acceptors (Lipinski definition) is 5. The van der Waals surface area contributed by atoms with Crippen molar-refractivity contribution < 1.29 is 22.7 Å². The number of carbonyl (C=O) groups excluding carboxylic acids is 2. The highest BCUT2D eigenvalue weighted by Gasteiger charge is 2.30. The molecule has 0 unspecified atom stereocenters. The minimum atomic E-state index is -3.57. The molecule has 9 nitrogen and oxygen atoms in total. The predicted octanol–water partition coefficient (Wildman–Crippen LogP) is 1.10. The number of ether oxygens (including phenoxy) is 1. The topological polar surface area (TPSA) is 103 Å². The van der Waals surface area contributed by atoms with Crippen LogP contribution < -0.4 is 0 Å². The molecule has 2 fully saturated rings. The van der Waals surface area contributed by atoms with Crippen molar-refractivity contribution in [1.29, 1.82) is 0 Å². The van der Waals surface area contributed by atoms with Crippen molar-refractivity contribution in [3.05, 3.63) is 18.0 Å². The lowest BCUT2D eigenvalue weighted by Gasteiger charge is -2.33. The molecule has 150 valence electrons. The first-order valence-corrected chi connectivity index (χ1v) is 10.8. The van der Waals surface area contributed by atoms with Crippen LogP contribution in [-0.2, 0) is 14.8 Å². The summed E-state index contributed by atoms with van der Waals surface area (Å²) in [6, 6.07) is 1.41. The maximum atomic E-state index is 12.7. The van der Waals surface area contributed by atoms with E-state index in [9.17, 15) is 18.0 Å². The standard InChI is InChI=1S/C17H26N4O5S/c1-2-26-17(23)20-10-8-19(9-11-20)16(22)15-12-14(13-18-15)27(24,25)21-6-4-3-5-7-21/h12-13,18H,2-11H2,1H3. The molecule has 0 aromatic carbocycles. The highest BCUT2D eigenvalue weighted by atomic mass is 32.2. The summed E-state index contributed by atoms with van der Waals surface area (Å²) >= 11 is 0. The van der Waals surface area contributed by atoms with E-state index in [0.717, 1.165) is 19.3 Å². The Hall–Kier alpha value is -2.07. The molecule has 2 aliphatic rings. The van der Waals surface area contributed by atoms with Gasteiger partial charge in [0.05, 0.1) is 6.61 Å². The zero-order valence-corrected chi connectivity index (χ0v) is 16.3. The van der Waals surface area contributed by atoms with E-state index in [1.165, 1.54) is 16.6 Å². The van der Waals surface area contributed by atoms with E-state index in [2.05, 4.69) is 4.98 Å². The van der Waals surface area contributed by atoms with Crippen LogP contribution in [0.4, 0.5) is 4.79 Å². The minimum Gasteiger partial charge on any atom is -0.450 e. The summed E-state index contributed by atoms with van der Waals surface area (Å²) < 4.78 is 31.8. The SMILES string of the molecule is CCOC(=O)N1CCN(C(=O)c2cc(S(=O)(=O)N3CCCCC3)c[nH]2)CC1. The summed E-state index contributed by atoms with van der Waals surface area (Å²) in [5.74, 6) is -0.265.